The second kappa shape index (κ2) is 22.6. The lowest BCUT2D eigenvalue weighted by Crippen LogP contribution is -2.58. The van der Waals surface area contributed by atoms with Crippen molar-refractivity contribution in [2.75, 3.05) is 46.4 Å². The third-order valence-corrected chi connectivity index (χ3v) is 16.6. The van der Waals surface area contributed by atoms with E-state index in [1.165, 1.54) is 30.2 Å². The number of carboxylic acid groups (broad SMARTS) is 1. The van der Waals surface area contributed by atoms with Gasteiger partial charge in [-0.15, -0.1) is 6.58 Å². The van der Waals surface area contributed by atoms with Gasteiger partial charge in [-0.25, -0.2) is 18.2 Å². The summed E-state index contributed by atoms with van der Waals surface area (Å²) in [5, 5.41) is 15.8. The Morgan fingerprint density at radius 3 is 2.40 bits per heavy atom. The molecule has 5 amide bonds. The van der Waals surface area contributed by atoms with Crippen LogP contribution in [0, 0.1) is 17.8 Å². The summed E-state index contributed by atoms with van der Waals surface area (Å²) >= 11 is 0. The van der Waals surface area contributed by atoms with Gasteiger partial charge in [-0.1, -0.05) is 78.9 Å². The van der Waals surface area contributed by atoms with Crippen LogP contribution in [0.4, 0.5) is 4.79 Å². The number of unbranched alkanes of at least 4 members (excludes halogenated alkanes) is 2. The van der Waals surface area contributed by atoms with Gasteiger partial charge in [-0.3, -0.25) is 28.8 Å². The normalized spacial score (nSPS) is 20.8. The summed E-state index contributed by atoms with van der Waals surface area (Å²) in [6.45, 7) is 17.8. The fraction of sp³-hybridized carbons (Fsp3) is 0.680. The number of carbonyl (C=O) groups excluding carboxylic acids is 4. The van der Waals surface area contributed by atoms with Crippen LogP contribution < -0.4 is 24.8 Å². The summed E-state index contributed by atoms with van der Waals surface area (Å²) in [7, 11) is -2.22. The maximum absolute atomic E-state index is 14.7. The Bertz CT molecular complexity index is 2280. The minimum atomic E-state index is -4.04. The Kier molecular flexibility index (Phi) is 17.4. The van der Waals surface area contributed by atoms with Crippen molar-refractivity contribution in [3.63, 3.8) is 0 Å². The number of hydrogen-bond acceptors (Lipinski definition) is 11. The summed E-state index contributed by atoms with van der Waals surface area (Å²) in [6.07, 6.45) is 7.83. The quantitative estimate of drug-likeness (QED) is 0.0692. The van der Waals surface area contributed by atoms with E-state index in [9.17, 15) is 37.5 Å². The van der Waals surface area contributed by atoms with Crippen LogP contribution in [0.1, 0.15) is 129 Å². The van der Waals surface area contributed by atoms with Crippen molar-refractivity contribution in [2.24, 2.45) is 17.8 Å². The number of aromatic nitrogens is 1. The fourth-order valence-electron chi connectivity index (χ4n) is 8.98. The molecule has 4 aliphatic rings. The van der Waals surface area contributed by atoms with Crippen LogP contribution in [0.25, 0.3) is 10.9 Å². The van der Waals surface area contributed by atoms with Gasteiger partial charge in [0.2, 0.25) is 33.6 Å². The average molecular weight is 966 g/mol. The molecule has 2 aliphatic carbocycles. The molecule has 0 spiro atoms. The molecule has 4 fully saturated rings. The number of likely N-dealkylation sites (N-methyl/N-ethyl adjacent to an activating group) is 1. The topological polar surface area (TPSA) is 217 Å². The molecule has 1 aromatic heterocycles. The van der Waals surface area contributed by atoms with Crippen LogP contribution >= 0.6 is 0 Å². The molecule has 376 valence electrons. The number of piperazine rings is 1. The van der Waals surface area contributed by atoms with E-state index >= 15 is 0 Å². The van der Waals surface area contributed by atoms with E-state index in [1.807, 2.05) is 33.0 Å². The first-order valence-electron chi connectivity index (χ1n) is 24.7. The number of benzene rings is 1. The van der Waals surface area contributed by atoms with Crippen LogP contribution in [-0.4, -0.2) is 138 Å². The molecular formula is C50H75N7O10S. The third-order valence-electron chi connectivity index (χ3n) is 14.4. The van der Waals surface area contributed by atoms with E-state index in [0.717, 1.165) is 48.2 Å². The average Bonchev–Trinajstić information content (AvgIpc) is 4.22. The first-order chi connectivity index (χ1) is 32.2. The highest BCUT2D eigenvalue weighted by molar-refractivity contribution is 7.91. The molecule has 4 N–H and O–H groups in total. The van der Waals surface area contributed by atoms with Gasteiger partial charge in [-0.2, -0.15) is 0 Å². The number of carbonyl (C=O) groups is 5. The molecule has 2 saturated carbocycles. The van der Waals surface area contributed by atoms with E-state index in [-0.39, 0.29) is 37.1 Å². The predicted octanol–water partition coefficient (Wildman–Crippen LogP) is 5.75. The maximum atomic E-state index is 14.7. The minimum absolute atomic E-state index is 0.0429. The molecule has 2 saturated heterocycles. The molecule has 5 unspecified atom stereocenters. The fourth-order valence-corrected chi connectivity index (χ4v) is 10.3. The smallest absolute Gasteiger partial charge is 0.405 e. The SMILES string of the molecule is C=CCC(NC(=O)C1CC(Oc2nc3cc(C(C)C)ccc3c(OCCCN3CCN(C)C(=O)C3)c2CCCCCC2CC2)CN1C(=O)C(NC(=O)O)C(C)C(C)C)C(=O)NS(=O)(=O)C1(C)CC1. The summed E-state index contributed by atoms with van der Waals surface area (Å²) in [5.74, 6) is -0.822. The Hall–Kier alpha value is -4.97. The number of nitrogens with zero attached hydrogens (tertiary/aromatic N) is 4. The standard InChI is InChI=1S/C50H75N7O10S/c1-9-14-39(45(59)54-68(64,65)50(7)21-22-50)51-46(60)41-28-36(29-57(41)48(61)43(53-49(62)63)33(6)31(2)3)67-47-38(16-12-10-11-15-34-17-18-34)44(37-20-19-35(32(4)5)27-40(37)52-47)66-26-13-23-56-25-24-55(8)42(58)30-56/h9,19-20,27,31-34,36,39,41,43,53H,1,10-18,21-26,28-30H2,2-8H3,(H,51,60)(H,54,59)(H,62,63). The molecule has 6 rings (SSSR count). The number of pyridine rings is 1. The van der Waals surface area contributed by atoms with Crippen molar-refractivity contribution < 1.29 is 47.0 Å². The lowest BCUT2D eigenvalue weighted by Gasteiger charge is -2.32. The molecular weight excluding hydrogens is 891 g/mol. The highest BCUT2D eigenvalue weighted by atomic mass is 32.2. The number of nitrogens with one attached hydrogen (secondary N) is 3. The second-order valence-corrected chi connectivity index (χ2v) is 22.7. The highest BCUT2D eigenvalue weighted by Crippen LogP contribution is 2.42. The van der Waals surface area contributed by atoms with Gasteiger partial charge in [0.1, 0.15) is 30.0 Å². The number of likely N-dealkylation sites (tertiary alicyclic amines) is 1. The molecule has 1 aromatic carbocycles. The molecule has 2 aromatic rings. The van der Waals surface area contributed by atoms with E-state index in [2.05, 4.69) is 46.7 Å². The number of rotatable bonds is 25. The zero-order valence-electron chi connectivity index (χ0n) is 41.2. The van der Waals surface area contributed by atoms with Gasteiger partial charge < -0.3 is 35.0 Å². The van der Waals surface area contributed by atoms with Crippen molar-refractivity contribution in [3.8, 4) is 11.6 Å². The summed E-state index contributed by atoms with van der Waals surface area (Å²) in [5.41, 5.74) is 2.50. The first kappa shape index (κ1) is 52.4. The van der Waals surface area contributed by atoms with Gasteiger partial charge in [0.05, 0.1) is 35.5 Å². The van der Waals surface area contributed by atoms with Crippen LogP contribution in [0.5, 0.6) is 11.6 Å². The molecule has 18 heteroatoms. The Labute approximate surface area is 402 Å². The number of ether oxygens (including phenoxy) is 2. The van der Waals surface area contributed by atoms with Crippen molar-refractivity contribution in [1.29, 1.82) is 0 Å². The number of amides is 5. The van der Waals surface area contributed by atoms with Crippen LogP contribution in [0.2, 0.25) is 0 Å². The number of hydrogen-bond donors (Lipinski definition) is 4. The van der Waals surface area contributed by atoms with E-state index in [1.54, 1.807) is 18.7 Å². The number of fused-ring (bicyclic) bond motifs is 1. The van der Waals surface area contributed by atoms with E-state index in [4.69, 9.17) is 14.5 Å². The molecule has 0 bridgehead atoms. The molecule has 3 heterocycles. The zero-order chi connectivity index (χ0) is 49.5. The van der Waals surface area contributed by atoms with Gasteiger partial charge in [0.15, 0.2) is 0 Å². The van der Waals surface area contributed by atoms with Gasteiger partial charge in [0, 0.05) is 38.5 Å². The second-order valence-electron chi connectivity index (χ2n) is 20.5. The first-order valence-corrected chi connectivity index (χ1v) is 26.2. The molecule has 17 nitrogen and oxygen atoms in total. The van der Waals surface area contributed by atoms with Crippen LogP contribution in [0.15, 0.2) is 30.9 Å². The highest BCUT2D eigenvalue weighted by Gasteiger charge is 2.51. The van der Waals surface area contributed by atoms with E-state index < -0.39 is 68.7 Å². The molecule has 5 atom stereocenters. The maximum Gasteiger partial charge on any atom is 0.405 e. The Morgan fingerprint density at radius 1 is 1.03 bits per heavy atom. The molecule has 2 aliphatic heterocycles. The summed E-state index contributed by atoms with van der Waals surface area (Å²) in [4.78, 5) is 77.6. The van der Waals surface area contributed by atoms with Crippen molar-refractivity contribution in [2.45, 2.75) is 153 Å². The minimum Gasteiger partial charge on any atom is -0.492 e. The summed E-state index contributed by atoms with van der Waals surface area (Å²) in [6, 6.07) is 2.36. The lowest BCUT2D eigenvalue weighted by molar-refractivity contribution is -0.142. The van der Waals surface area contributed by atoms with Crippen molar-refractivity contribution >= 4 is 50.6 Å². The van der Waals surface area contributed by atoms with Crippen molar-refractivity contribution in [3.05, 3.63) is 42.0 Å². The third kappa shape index (κ3) is 13.2. The Balaban J connectivity index is 1.33. The van der Waals surface area contributed by atoms with Crippen LogP contribution in [0.3, 0.4) is 0 Å². The van der Waals surface area contributed by atoms with Crippen LogP contribution in [-0.2, 0) is 35.6 Å². The number of sulfonamides is 1. The largest absolute Gasteiger partial charge is 0.492 e. The lowest BCUT2D eigenvalue weighted by atomic mass is 9.89. The van der Waals surface area contributed by atoms with Gasteiger partial charge in [0.25, 0.3) is 5.91 Å². The van der Waals surface area contributed by atoms with Gasteiger partial charge in [-0.05, 0) is 86.8 Å². The van der Waals surface area contributed by atoms with E-state index in [0.29, 0.717) is 69.1 Å². The zero-order valence-corrected chi connectivity index (χ0v) is 42.0. The Morgan fingerprint density at radius 2 is 1.76 bits per heavy atom. The predicted molar refractivity (Wildman–Crippen MR) is 260 cm³/mol. The monoisotopic (exact) mass is 966 g/mol. The summed E-state index contributed by atoms with van der Waals surface area (Å²) < 4.78 is 40.8. The molecule has 0 radical (unpaired) electrons. The molecule has 68 heavy (non-hydrogen) atoms. The van der Waals surface area contributed by atoms with Crippen molar-refractivity contribution in [1.82, 2.24) is 35.0 Å². The van der Waals surface area contributed by atoms with Gasteiger partial charge >= 0.3 is 6.09 Å².